The Morgan fingerprint density at radius 3 is 1.10 bits per heavy atom. The Bertz CT molecular complexity index is 1830. The van der Waals surface area contributed by atoms with E-state index < -0.39 is 20.0 Å². The molecule has 0 aromatic heterocycles. The molecule has 0 aliphatic heterocycles. The molecule has 0 aromatic carbocycles. The van der Waals surface area contributed by atoms with Gasteiger partial charge in [0.2, 0.25) is 5.91 Å². The lowest BCUT2D eigenvalue weighted by atomic mass is 10.0. The molecule has 482 valence electrons. The van der Waals surface area contributed by atoms with Crippen molar-refractivity contribution in [2.75, 3.05) is 40.9 Å². The summed E-state index contributed by atoms with van der Waals surface area (Å²) in [5.74, 6) is -0.203. The van der Waals surface area contributed by atoms with Crippen molar-refractivity contribution in [3.05, 3.63) is 134 Å². The van der Waals surface area contributed by atoms with Gasteiger partial charge in [0.25, 0.3) is 0 Å². The second-order valence-electron chi connectivity index (χ2n) is 24.2. The molecule has 0 bridgehead atoms. The summed E-state index contributed by atoms with van der Waals surface area (Å²) in [5, 5.41) is 14.0. The van der Waals surface area contributed by atoms with E-state index in [9.17, 15) is 19.4 Å². The van der Waals surface area contributed by atoms with Gasteiger partial charge in [-0.2, -0.15) is 0 Å². The van der Waals surface area contributed by atoms with Crippen molar-refractivity contribution in [2.45, 2.75) is 296 Å². The summed E-state index contributed by atoms with van der Waals surface area (Å²) in [7, 11) is 1.53. The second kappa shape index (κ2) is 64.1. The standard InChI is InChI=1S/C75H131N2O6P/c1-6-8-10-12-14-16-18-20-22-24-26-28-30-32-34-36-37-38-39-41-43-45-47-49-51-53-55-57-59-61-63-65-67-69-75(79)76-73(72-83-84(80,81)82-71-70-77(3,4)5)74(78)68-66-64-62-60-58-56-54-52-50-48-46-44-42-40-35-33-31-29-27-25-23-21-19-17-15-13-11-9-7-2/h8,10,14,16,20,22,26,28,32,34,37-38,41,43,47,49-50,52,58,60,66,68,73-74,78H,6-7,9,11-13,15,17-19,21,23-25,27,29-31,33,35-36,39-40,42,44-46,48,51,53-57,59,61-65,67,69-72H2,1-5H3,(H-,76,79,80,81)/p+1/b10-8-,16-14-,22-20-,28-26-,34-32-,38-37-,43-41-,49-47-,52-50+,60-58+,68-66+. The molecule has 1 amide bonds. The zero-order valence-corrected chi connectivity index (χ0v) is 56.0. The Morgan fingerprint density at radius 1 is 0.417 bits per heavy atom. The summed E-state index contributed by atoms with van der Waals surface area (Å²) in [6.45, 7) is 4.68. The predicted octanol–water partition coefficient (Wildman–Crippen LogP) is 22.2. The lowest BCUT2D eigenvalue weighted by molar-refractivity contribution is -0.870. The van der Waals surface area contributed by atoms with E-state index in [1.54, 1.807) is 6.08 Å². The molecular weight excluding hydrogens is 1060 g/mol. The minimum Gasteiger partial charge on any atom is -0.387 e. The fourth-order valence-electron chi connectivity index (χ4n) is 9.50. The van der Waals surface area contributed by atoms with E-state index in [0.29, 0.717) is 17.4 Å². The van der Waals surface area contributed by atoms with Crippen molar-refractivity contribution in [1.82, 2.24) is 5.32 Å². The molecule has 0 radical (unpaired) electrons. The second-order valence-corrected chi connectivity index (χ2v) is 25.6. The van der Waals surface area contributed by atoms with E-state index in [1.807, 2.05) is 27.2 Å². The molecule has 0 fully saturated rings. The van der Waals surface area contributed by atoms with Gasteiger partial charge in [-0.3, -0.25) is 13.8 Å². The molecule has 0 rings (SSSR count). The SMILES string of the molecule is CC/C=C\C/C=C\C/C=C\C/C=C\C/C=C\C/C=C\C/C=C\C/C=C\CCCCCCCCCCC(=O)NC(COP(=O)(O)OCC[N+](C)(C)C)C(O)/C=C/CC/C=C/CC/C=C/CCCCCCCCCCCCCCCCCCCCC. The van der Waals surface area contributed by atoms with Crippen LogP contribution in [0.4, 0.5) is 0 Å². The molecule has 0 aromatic rings. The average molecular weight is 1190 g/mol. The lowest BCUT2D eigenvalue weighted by Crippen LogP contribution is -2.45. The number of unbranched alkanes of at least 4 members (excludes halogenated alkanes) is 29. The number of hydrogen-bond acceptors (Lipinski definition) is 5. The van der Waals surface area contributed by atoms with Crippen LogP contribution in [-0.4, -0.2) is 73.4 Å². The Balaban J connectivity index is 4.23. The van der Waals surface area contributed by atoms with Crippen molar-refractivity contribution in [2.24, 2.45) is 0 Å². The molecule has 0 spiro atoms. The van der Waals surface area contributed by atoms with E-state index in [0.717, 1.165) is 109 Å². The number of aliphatic hydroxyl groups excluding tert-OH is 1. The van der Waals surface area contributed by atoms with Crippen LogP contribution in [-0.2, 0) is 18.4 Å². The molecule has 0 aliphatic rings. The van der Waals surface area contributed by atoms with Gasteiger partial charge in [-0.25, -0.2) is 4.57 Å². The van der Waals surface area contributed by atoms with Crippen LogP contribution >= 0.6 is 7.82 Å². The molecular formula is C75H132N2O6P+. The summed E-state index contributed by atoms with van der Waals surface area (Å²) in [5.41, 5.74) is 0. The van der Waals surface area contributed by atoms with Crippen LogP contribution in [0.25, 0.3) is 0 Å². The minimum atomic E-state index is -4.38. The highest BCUT2D eigenvalue weighted by Crippen LogP contribution is 2.43. The highest BCUT2D eigenvalue weighted by Gasteiger charge is 2.28. The first-order valence-electron chi connectivity index (χ1n) is 34.6. The summed E-state index contributed by atoms with van der Waals surface area (Å²) in [6.07, 6.45) is 97.4. The predicted molar refractivity (Wildman–Crippen MR) is 368 cm³/mol. The summed E-state index contributed by atoms with van der Waals surface area (Å²) in [6, 6.07) is -0.886. The number of aliphatic hydroxyl groups is 1. The summed E-state index contributed by atoms with van der Waals surface area (Å²) >= 11 is 0. The maximum absolute atomic E-state index is 13.0. The third-order valence-electron chi connectivity index (χ3n) is 14.8. The van der Waals surface area contributed by atoms with Gasteiger partial charge in [0, 0.05) is 6.42 Å². The molecule has 8 nitrogen and oxygen atoms in total. The zero-order chi connectivity index (χ0) is 61.2. The molecule has 3 unspecified atom stereocenters. The Morgan fingerprint density at radius 2 is 0.726 bits per heavy atom. The van der Waals surface area contributed by atoms with Gasteiger partial charge in [-0.15, -0.1) is 0 Å². The van der Waals surface area contributed by atoms with E-state index >= 15 is 0 Å². The van der Waals surface area contributed by atoms with E-state index in [2.05, 4.69) is 141 Å². The number of nitrogens with one attached hydrogen (secondary N) is 1. The van der Waals surface area contributed by atoms with Gasteiger partial charge in [-0.05, 0) is 109 Å². The van der Waals surface area contributed by atoms with Crippen molar-refractivity contribution >= 4 is 13.7 Å². The average Bonchev–Trinajstić information content (AvgIpc) is 3.56. The normalized spacial score (nSPS) is 14.5. The third kappa shape index (κ3) is 66.2. The van der Waals surface area contributed by atoms with Crippen molar-refractivity contribution in [3.63, 3.8) is 0 Å². The van der Waals surface area contributed by atoms with Crippen LogP contribution in [0.15, 0.2) is 134 Å². The van der Waals surface area contributed by atoms with Crippen LogP contribution in [0, 0.1) is 0 Å². The van der Waals surface area contributed by atoms with Crippen LogP contribution in [0.5, 0.6) is 0 Å². The number of phosphoric acid groups is 1. The van der Waals surface area contributed by atoms with Crippen molar-refractivity contribution < 1.29 is 32.9 Å². The van der Waals surface area contributed by atoms with E-state index in [-0.39, 0.29) is 19.1 Å². The number of hydrogen-bond donors (Lipinski definition) is 3. The molecule has 0 heterocycles. The van der Waals surface area contributed by atoms with Gasteiger partial charge in [0.05, 0.1) is 39.9 Å². The van der Waals surface area contributed by atoms with Crippen LogP contribution in [0.1, 0.15) is 284 Å². The number of quaternary nitrogens is 1. The monoisotopic (exact) mass is 1190 g/mol. The number of allylic oxidation sites excluding steroid dienone is 21. The number of amides is 1. The highest BCUT2D eigenvalue weighted by molar-refractivity contribution is 7.47. The molecule has 0 aliphatic carbocycles. The number of carbonyl (C=O) groups excluding carboxylic acids is 1. The lowest BCUT2D eigenvalue weighted by Gasteiger charge is -2.25. The molecule has 84 heavy (non-hydrogen) atoms. The molecule has 0 saturated carbocycles. The number of carbonyl (C=O) groups is 1. The van der Waals surface area contributed by atoms with Gasteiger partial charge < -0.3 is 19.8 Å². The van der Waals surface area contributed by atoms with Crippen LogP contribution < -0.4 is 5.32 Å². The Kier molecular flexibility index (Phi) is 61.6. The van der Waals surface area contributed by atoms with Crippen LogP contribution in [0.3, 0.4) is 0 Å². The third-order valence-corrected chi connectivity index (χ3v) is 15.8. The summed E-state index contributed by atoms with van der Waals surface area (Å²) in [4.78, 5) is 23.4. The van der Waals surface area contributed by atoms with E-state index in [4.69, 9.17) is 9.05 Å². The van der Waals surface area contributed by atoms with Gasteiger partial charge in [-0.1, -0.05) is 302 Å². The first kappa shape index (κ1) is 80.6. The van der Waals surface area contributed by atoms with E-state index in [1.165, 1.54) is 154 Å². The Hall–Kier alpha value is -3.36. The first-order valence-corrected chi connectivity index (χ1v) is 36.1. The molecule has 0 saturated heterocycles. The smallest absolute Gasteiger partial charge is 0.387 e. The van der Waals surface area contributed by atoms with Crippen molar-refractivity contribution in [1.29, 1.82) is 0 Å². The van der Waals surface area contributed by atoms with Crippen LogP contribution in [0.2, 0.25) is 0 Å². The first-order chi connectivity index (χ1) is 41.0. The molecule has 3 N–H and O–H groups in total. The number of likely N-dealkylation sites (N-methyl/N-ethyl adjacent to an activating group) is 1. The number of phosphoric ester groups is 1. The minimum absolute atomic E-state index is 0.0449. The molecule has 9 heteroatoms. The maximum atomic E-state index is 13.0. The fourth-order valence-corrected chi connectivity index (χ4v) is 10.2. The van der Waals surface area contributed by atoms with Gasteiger partial charge in [0.15, 0.2) is 0 Å². The number of rotatable bonds is 62. The van der Waals surface area contributed by atoms with Gasteiger partial charge >= 0.3 is 7.82 Å². The number of nitrogens with zero attached hydrogens (tertiary/aromatic N) is 1. The summed E-state index contributed by atoms with van der Waals surface area (Å²) < 4.78 is 23.8. The quantitative estimate of drug-likeness (QED) is 0.0243. The zero-order valence-electron chi connectivity index (χ0n) is 55.1. The van der Waals surface area contributed by atoms with Crippen molar-refractivity contribution in [3.8, 4) is 0 Å². The fraction of sp³-hybridized carbons (Fsp3) is 0.693. The largest absolute Gasteiger partial charge is 0.472 e. The molecule has 3 atom stereocenters. The highest BCUT2D eigenvalue weighted by atomic mass is 31.2. The maximum Gasteiger partial charge on any atom is 0.472 e. The van der Waals surface area contributed by atoms with Gasteiger partial charge in [0.1, 0.15) is 13.2 Å². The topological polar surface area (TPSA) is 105 Å². The Labute approximate surface area is 519 Å².